The van der Waals surface area contributed by atoms with Crippen molar-refractivity contribution in [1.29, 1.82) is 0 Å². The summed E-state index contributed by atoms with van der Waals surface area (Å²) in [6.07, 6.45) is 0. The van der Waals surface area contributed by atoms with Crippen LogP contribution in [-0.2, 0) is 0 Å². The highest BCUT2D eigenvalue weighted by Crippen LogP contribution is 2.31. The molecule has 0 aromatic heterocycles. The van der Waals surface area contributed by atoms with E-state index >= 15 is 0 Å². The maximum atomic E-state index is 5.95. The maximum Gasteiger partial charge on any atom is 0.0515 e. The molecule has 1 heterocycles. The number of likely N-dealkylation sites (N-methyl/N-ethyl adjacent to an activating group) is 1. The van der Waals surface area contributed by atoms with Gasteiger partial charge in [-0.2, -0.15) is 0 Å². The molecule has 1 aliphatic heterocycles. The number of hydrogen-bond acceptors (Lipinski definition) is 4. The molecule has 0 saturated carbocycles. The molecule has 1 saturated heterocycles. The number of halogens is 1. The second-order valence-corrected chi connectivity index (χ2v) is 6.65. The summed E-state index contributed by atoms with van der Waals surface area (Å²) >= 11 is 3.64. The number of aryl methyl sites for hydroxylation is 1. The minimum Gasteiger partial charge on any atom is -0.398 e. The summed E-state index contributed by atoms with van der Waals surface area (Å²) in [6.45, 7) is 8.77. The number of nitrogens with zero attached hydrogens (tertiary/aromatic N) is 3. The molecule has 0 bridgehead atoms. The third-order valence-corrected chi connectivity index (χ3v) is 4.55. The third kappa shape index (κ3) is 3.87. The largest absolute Gasteiger partial charge is 0.398 e. The summed E-state index contributed by atoms with van der Waals surface area (Å²) in [7, 11) is 4.26. The number of nitrogen functional groups attached to an aromatic ring is 1. The Labute approximate surface area is 130 Å². The number of anilines is 2. The van der Waals surface area contributed by atoms with Gasteiger partial charge in [-0.3, -0.25) is 4.90 Å². The summed E-state index contributed by atoms with van der Waals surface area (Å²) in [5.74, 6) is 0. The van der Waals surface area contributed by atoms with Crippen LogP contribution in [-0.4, -0.2) is 63.2 Å². The van der Waals surface area contributed by atoms with Gasteiger partial charge < -0.3 is 15.5 Å². The molecule has 20 heavy (non-hydrogen) atoms. The molecule has 112 valence electrons. The summed E-state index contributed by atoms with van der Waals surface area (Å²) < 4.78 is 1.10. The van der Waals surface area contributed by atoms with Crippen LogP contribution in [0.4, 0.5) is 11.4 Å². The molecule has 4 nitrogen and oxygen atoms in total. The van der Waals surface area contributed by atoms with E-state index in [1.165, 1.54) is 5.69 Å². The van der Waals surface area contributed by atoms with Crippen LogP contribution in [0.2, 0.25) is 0 Å². The molecule has 1 aromatic rings. The Kier molecular flexibility index (Phi) is 5.29. The fourth-order valence-corrected chi connectivity index (χ4v) is 3.09. The van der Waals surface area contributed by atoms with Gasteiger partial charge in [0.1, 0.15) is 0 Å². The lowest BCUT2D eigenvalue weighted by molar-refractivity contribution is 0.229. The Bertz CT molecular complexity index is 453. The first kappa shape index (κ1) is 15.6. The molecule has 1 aliphatic rings. The molecule has 2 rings (SSSR count). The predicted molar refractivity (Wildman–Crippen MR) is 90.5 cm³/mol. The van der Waals surface area contributed by atoms with E-state index in [1.807, 2.05) is 6.07 Å². The van der Waals surface area contributed by atoms with Crippen LogP contribution in [0.1, 0.15) is 5.56 Å². The number of benzene rings is 1. The average molecular weight is 341 g/mol. The maximum absolute atomic E-state index is 5.95. The normalized spacial score (nSPS) is 16.9. The highest BCUT2D eigenvalue weighted by molar-refractivity contribution is 9.10. The van der Waals surface area contributed by atoms with Gasteiger partial charge in [0, 0.05) is 49.4 Å². The molecule has 0 aliphatic carbocycles. The molecular formula is C15H25BrN4. The van der Waals surface area contributed by atoms with E-state index in [0.717, 1.165) is 55.0 Å². The van der Waals surface area contributed by atoms with Crippen LogP contribution in [0.5, 0.6) is 0 Å². The van der Waals surface area contributed by atoms with Gasteiger partial charge in [0.25, 0.3) is 0 Å². The zero-order valence-corrected chi connectivity index (χ0v) is 14.3. The summed E-state index contributed by atoms with van der Waals surface area (Å²) in [5.41, 5.74) is 9.22. The van der Waals surface area contributed by atoms with Crippen molar-refractivity contribution in [3.8, 4) is 0 Å². The predicted octanol–water partition coefficient (Wildman–Crippen LogP) is 2.02. The van der Waals surface area contributed by atoms with Crippen molar-refractivity contribution in [3.63, 3.8) is 0 Å². The number of rotatable bonds is 4. The van der Waals surface area contributed by atoms with Crippen LogP contribution >= 0.6 is 15.9 Å². The van der Waals surface area contributed by atoms with Gasteiger partial charge in [0.05, 0.1) is 5.69 Å². The van der Waals surface area contributed by atoms with Crippen molar-refractivity contribution in [2.45, 2.75) is 6.92 Å². The molecule has 0 atom stereocenters. The van der Waals surface area contributed by atoms with Gasteiger partial charge in [-0.05, 0) is 54.6 Å². The fraction of sp³-hybridized carbons (Fsp3) is 0.600. The van der Waals surface area contributed by atoms with Gasteiger partial charge in [-0.15, -0.1) is 0 Å². The minimum atomic E-state index is 0.852. The molecule has 5 heteroatoms. The van der Waals surface area contributed by atoms with E-state index in [2.05, 4.69) is 57.7 Å². The highest BCUT2D eigenvalue weighted by Gasteiger charge is 2.19. The number of nitrogens with two attached hydrogens (primary N) is 1. The Morgan fingerprint density at radius 1 is 1.20 bits per heavy atom. The molecular weight excluding hydrogens is 316 g/mol. The van der Waals surface area contributed by atoms with E-state index in [-0.39, 0.29) is 0 Å². The topological polar surface area (TPSA) is 35.7 Å². The standard InChI is InChI=1S/C15H25BrN4/c1-12-10-15(13(16)11-14(12)17)20-8-6-19(7-9-20)5-4-18(2)3/h10-11H,4-9,17H2,1-3H3. The zero-order valence-electron chi connectivity index (χ0n) is 12.7. The first-order valence-corrected chi connectivity index (χ1v) is 7.94. The second-order valence-electron chi connectivity index (χ2n) is 5.79. The monoisotopic (exact) mass is 340 g/mol. The summed E-state index contributed by atoms with van der Waals surface area (Å²) in [4.78, 5) is 7.23. The Morgan fingerprint density at radius 3 is 2.45 bits per heavy atom. The van der Waals surface area contributed by atoms with Crippen LogP contribution in [0.25, 0.3) is 0 Å². The lowest BCUT2D eigenvalue weighted by Crippen LogP contribution is -2.48. The average Bonchev–Trinajstić information content (AvgIpc) is 2.41. The quantitative estimate of drug-likeness (QED) is 0.850. The van der Waals surface area contributed by atoms with E-state index in [0.29, 0.717) is 0 Å². The van der Waals surface area contributed by atoms with Crippen LogP contribution in [0, 0.1) is 6.92 Å². The molecule has 0 amide bonds. The minimum absolute atomic E-state index is 0.852. The second kappa shape index (κ2) is 6.78. The Balaban J connectivity index is 1.95. The van der Waals surface area contributed by atoms with E-state index in [4.69, 9.17) is 5.73 Å². The molecule has 1 aromatic carbocycles. The molecule has 0 radical (unpaired) electrons. The van der Waals surface area contributed by atoms with Crippen molar-refractivity contribution >= 4 is 27.3 Å². The first-order chi connectivity index (χ1) is 9.47. The van der Waals surface area contributed by atoms with Crippen LogP contribution in [0.15, 0.2) is 16.6 Å². The van der Waals surface area contributed by atoms with Crippen molar-refractivity contribution in [3.05, 3.63) is 22.2 Å². The summed E-state index contributed by atoms with van der Waals surface area (Å²) in [6, 6.07) is 4.21. The Hall–Kier alpha value is -0.780. The van der Waals surface area contributed by atoms with Crippen molar-refractivity contribution in [1.82, 2.24) is 9.80 Å². The fourth-order valence-electron chi connectivity index (χ4n) is 2.48. The smallest absolute Gasteiger partial charge is 0.0515 e. The molecule has 0 unspecified atom stereocenters. The van der Waals surface area contributed by atoms with Crippen LogP contribution < -0.4 is 10.6 Å². The molecule has 1 fully saturated rings. The SMILES string of the molecule is Cc1cc(N2CCN(CCN(C)C)CC2)c(Br)cc1N. The highest BCUT2D eigenvalue weighted by atomic mass is 79.9. The van der Waals surface area contributed by atoms with E-state index in [9.17, 15) is 0 Å². The van der Waals surface area contributed by atoms with Gasteiger partial charge in [0.2, 0.25) is 0 Å². The lowest BCUT2D eigenvalue weighted by Gasteiger charge is -2.37. The van der Waals surface area contributed by atoms with Crippen LogP contribution in [0.3, 0.4) is 0 Å². The zero-order chi connectivity index (χ0) is 14.7. The summed E-state index contributed by atoms with van der Waals surface area (Å²) in [5, 5.41) is 0. The lowest BCUT2D eigenvalue weighted by atomic mass is 10.1. The van der Waals surface area contributed by atoms with Gasteiger partial charge in [0.15, 0.2) is 0 Å². The van der Waals surface area contributed by atoms with Crippen molar-refractivity contribution in [2.75, 3.05) is 64.0 Å². The van der Waals surface area contributed by atoms with E-state index in [1.54, 1.807) is 0 Å². The van der Waals surface area contributed by atoms with Crippen molar-refractivity contribution < 1.29 is 0 Å². The first-order valence-electron chi connectivity index (χ1n) is 7.15. The van der Waals surface area contributed by atoms with Crippen molar-refractivity contribution in [2.24, 2.45) is 0 Å². The van der Waals surface area contributed by atoms with Gasteiger partial charge in [-0.25, -0.2) is 0 Å². The van der Waals surface area contributed by atoms with Gasteiger partial charge in [-0.1, -0.05) is 0 Å². The molecule has 0 spiro atoms. The number of piperazine rings is 1. The number of hydrogen-bond donors (Lipinski definition) is 1. The van der Waals surface area contributed by atoms with E-state index < -0.39 is 0 Å². The molecule has 2 N–H and O–H groups in total. The Morgan fingerprint density at radius 2 is 1.85 bits per heavy atom. The van der Waals surface area contributed by atoms with Gasteiger partial charge >= 0.3 is 0 Å². The third-order valence-electron chi connectivity index (χ3n) is 3.91.